The van der Waals surface area contributed by atoms with Gasteiger partial charge in [0.05, 0.1) is 29.5 Å². The van der Waals surface area contributed by atoms with E-state index in [1.807, 2.05) is 87.5 Å². The molecular formula is C33H28N4O5. The standard InChI is InChI=1S/C33H28N4O5/c1-33(2,3)32-35-29-27-25(20-14-15-23(24(16-20)39-4)40-17-19-10-6-5-7-11-19)26-28(42-30(27)34-18-37(29)36-32)21-12-8-9-13-22(21)41-31(26)38/h5-16,18,25H,17H2,1-4H3. The van der Waals surface area contributed by atoms with Gasteiger partial charge in [0.15, 0.2) is 28.7 Å². The molecule has 9 nitrogen and oxygen atoms in total. The Labute approximate surface area is 241 Å². The molecule has 1 aliphatic heterocycles. The highest BCUT2D eigenvalue weighted by Gasteiger charge is 2.38. The molecule has 3 aromatic carbocycles. The molecule has 0 spiro atoms. The number of fused-ring (bicyclic) bond motifs is 6. The topological polar surface area (TPSA) is 101 Å². The minimum atomic E-state index is -0.630. The molecule has 9 heteroatoms. The quantitative estimate of drug-likeness (QED) is 0.223. The fourth-order valence-electron chi connectivity index (χ4n) is 5.30. The van der Waals surface area contributed by atoms with Crippen molar-refractivity contribution in [1.29, 1.82) is 0 Å². The number of benzene rings is 3. The first-order valence-corrected chi connectivity index (χ1v) is 13.7. The summed E-state index contributed by atoms with van der Waals surface area (Å²) in [7, 11) is 1.59. The Morgan fingerprint density at radius 1 is 0.952 bits per heavy atom. The number of hydrogen-bond donors (Lipinski definition) is 0. The van der Waals surface area contributed by atoms with Crippen molar-refractivity contribution in [3.8, 4) is 23.1 Å². The van der Waals surface area contributed by atoms with Crippen molar-refractivity contribution in [2.75, 3.05) is 7.11 Å². The Bertz CT molecular complexity index is 2030. The van der Waals surface area contributed by atoms with E-state index < -0.39 is 11.5 Å². The maximum absolute atomic E-state index is 13.7. The molecule has 0 amide bonds. The fraction of sp³-hybridized carbons (Fsp3) is 0.212. The van der Waals surface area contributed by atoms with E-state index in [0.717, 1.165) is 11.1 Å². The van der Waals surface area contributed by atoms with E-state index in [4.69, 9.17) is 28.7 Å². The smallest absolute Gasteiger partial charge is 0.344 e. The SMILES string of the molecule is COc1cc(C2c3c(c4ccccc4oc3=O)Oc3ncn4nc(C(C)(C)C)nc4c32)ccc1OCc1ccccc1. The van der Waals surface area contributed by atoms with E-state index in [1.54, 1.807) is 24.0 Å². The van der Waals surface area contributed by atoms with Gasteiger partial charge in [-0.1, -0.05) is 69.3 Å². The van der Waals surface area contributed by atoms with Crippen molar-refractivity contribution in [2.45, 2.75) is 38.7 Å². The molecule has 0 saturated heterocycles. The van der Waals surface area contributed by atoms with Crippen LogP contribution in [0.15, 0.2) is 88.3 Å². The fourth-order valence-corrected chi connectivity index (χ4v) is 5.30. The molecule has 1 aliphatic rings. The Hall–Kier alpha value is -5.18. The zero-order valence-corrected chi connectivity index (χ0v) is 23.6. The van der Waals surface area contributed by atoms with Gasteiger partial charge in [0.1, 0.15) is 18.5 Å². The molecule has 0 fully saturated rings. The Balaban J connectivity index is 1.44. The Morgan fingerprint density at radius 2 is 1.74 bits per heavy atom. The van der Waals surface area contributed by atoms with Gasteiger partial charge < -0.3 is 18.6 Å². The van der Waals surface area contributed by atoms with Gasteiger partial charge in [0, 0.05) is 5.41 Å². The van der Waals surface area contributed by atoms with Crippen molar-refractivity contribution in [2.24, 2.45) is 0 Å². The lowest BCUT2D eigenvalue weighted by Gasteiger charge is -2.27. The van der Waals surface area contributed by atoms with E-state index >= 15 is 0 Å². The first kappa shape index (κ1) is 25.8. The first-order valence-electron chi connectivity index (χ1n) is 13.7. The van der Waals surface area contributed by atoms with Gasteiger partial charge in [-0.05, 0) is 35.4 Å². The van der Waals surface area contributed by atoms with E-state index in [1.165, 1.54) is 0 Å². The summed E-state index contributed by atoms with van der Waals surface area (Å²) in [5.74, 6) is 1.89. The minimum Gasteiger partial charge on any atom is -0.493 e. The van der Waals surface area contributed by atoms with Crippen LogP contribution in [-0.2, 0) is 12.0 Å². The molecular weight excluding hydrogens is 532 g/mol. The highest BCUT2D eigenvalue weighted by atomic mass is 16.5. The van der Waals surface area contributed by atoms with Gasteiger partial charge in [-0.25, -0.2) is 19.3 Å². The molecule has 0 N–H and O–H groups in total. The van der Waals surface area contributed by atoms with Crippen LogP contribution in [0.4, 0.5) is 0 Å². The van der Waals surface area contributed by atoms with Crippen molar-refractivity contribution in [1.82, 2.24) is 19.6 Å². The van der Waals surface area contributed by atoms with Crippen LogP contribution in [0, 0.1) is 0 Å². The number of hydrogen-bond acceptors (Lipinski definition) is 8. The third kappa shape index (κ3) is 4.25. The molecule has 7 rings (SSSR count). The van der Waals surface area contributed by atoms with Gasteiger partial charge in [-0.3, -0.25) is 0 Å². The second-order valence-electron chi connectivity index (χ2n) is 11.3. The maximum atomic E-state index is 13.7. The minimum absolute atomic E-state index is 0.308. The highest BCUT2D eigenvalue weighted by Crippen LogP contribution is 2.49. The van der Waals surface area contributed by atoms with Crippen LogP contribution in [0.1, 0.15) is 54.8 Å². The normalized spacial score (nSPS) is 14.3. The molecule has 0 aliphatic carbocycles. The summed E-state index contributed by atoms with van der Waals surface area (Å²) in [6.07, 6.45) is 1.59. The lowest BCUT2D eigenvalue weighted by molar-refractivity contribution is 0.284. The summed E-state index contributed by atoms with van der Waals surface area (Å²) in [5, 5.41) is 5.37. The van der Waals surface area contributed by atoms with Crippen LogP contribution in [0.5, 0.6) is 23.1 Å². The molecule has 6 aromatic rings. The third-order valence-corrected chi connectivity index (χ3v) is 7.39. The first-order chi connectivity index (χ1) is 20.3. The second-order valence-corrected chi connectivity index (χ2v) is 11.3. The number of para-hydroxylation sites is 1. The Kier molecular flexibility index (Phi) is 5.97. The van der Waals surface area contributed by atoms with Gasteiger partial charge in [-0.15, -0.1) is 5.10 Å². The Morgan fingerprint density at radius 3 is 2.52 bits per heavy atom. The summed E-state index contributed by atoms with van der Waals surface area (Å²) in [4.78, 5) is 23.2. The molecule has 1 atom stereocenters. The average Bonchev–Trinajstić information content (AvgIpc) is 3.45. The van der Waals surface area contributed by atoms with Crippen molar-refractivity contribution < 1.29 is 18.6 Å². The predicted octanol–water partition coefficient (Wildman–Crippen LogP) is 6.40. The molecule has 210 valence electrons. The van der Waals surface area contributed by atoms with E-state index in [2.05, 4.69) is 4.98 Å². The summed E-state index contributed by atoms with van der Waals surface area (Å²) < 4.78 is 25.7. The van der Waals surface area contributed by atoms with Crippen molar-refractivity contribution >= 4 is 16.6 Å². The lowest BCUT2D eigenvalue weighted by atomic mass is 9.84. The molecule has 0 saturated carbocycles. The molecule has 1 unspecified atom stereocenters. The summed E-state index contributed by atoms with van der Waals surface area (Å²) in [6, 6.07) is 22.9. The molecule has 42 heavy (non-hydrogen) atoms. The van der Waals surface area contributed by atoms with E-state index in [0.29, 0.717) is 63.3 Å². The van der Waals surface area contributed by atoms with Crippen LogP contribution < -0.4 is 19.8 Å². The van der Waals surface area contributed by atoms with E-state index in [-0.39, 0.29) is 5.41 Å². The van der Waals surface area contributed by atoms with Crippen LogP contribution >= 0.6 is 0 Å². The number of nitrogens with zero attached hydrogens (tertiary/aromatic N) is 4. The second kappa shape index (κ2) is 9.73. The largest absolute Gasteiger partial charge is 0.493 e. The average molecular weight is 561 g/mol. The van der Waals surface area contributed by atoms with E-state index in [9.17, 15) is 4.79 Å². The van der Waals surface area contributed by atoms with Crippen LogP contribution in [-0.4, -0.2) is 26.7 Å². The van der Waals surface area contributed by atoms with Gasteiger partial charge in [0.25, 0.3) is 0 Å². The van der Waals surface area contributed by atoms with Gasteiger partial charge in [0.2, 0.25) is 5.88 Å². The predicted molar refractivity (Wildman–Crippen MR) is 157 cm³/mol. The number of ether oxygens (including phenoxy) is 3. The van der Waals surface area contributed by atoms with Crippen LogP contribution in [0.2, 0.25) is 0 Å². The summed E-state index contributed by atoms with van der Waals surface area (Å²) in [6.45, 7) is 6.52. The monoisotopic (exact) mass is 560 g/mol. The number of aromatic nitrogens is 4. The highest BCUT2D eigenvalue weighted by molar-refractivity contribution is 5.86. The lowest BCUT2D eigenvalue weighted by Crippen LogP contribution is -2.22. The molecule has 4 heterocycles. The van der Waals surface area contributed by atoms with Gasteiger partial charge in [-0.2, -0.15) is 0 Å². The zero-order chi connectivity index (χ0) is 29.0. The third-order valence-electron chi connectivity index (χ3n) is 7.39. The van der Waals surface area contributed by atoms with Crippen LogP contribution in [0.25, 0.3) is 16.6 Å². The summed E-state index contributed by atoms with van der Waals surface area (Å²) in [5.41, 5.74) is 2.96. The van der Waals surface area contributed by atoms with Gasteiger partial charge >= 0.3 is 5.63 Å². The van der Waals surface area contributed by atoms with Crippen molar-refractivity contribution in [3.63, 3.8) is 0 Å². The maximum Gasteiger partial charge on any atom is 0.344 e. The number of methoxy groups -OCH3 is 1. The summed E-state index contributed by atoms with van der Waals surface area (Å²) >= 11 is 0. The zero-order valence-electron chi connectivity index (χ0n) is 23.6. The van der Waals surface area contributed by atoms with Crippen LogP contribution in [0.3, 0.4) is 0 Å². The molecule has 3 aromatic heterocycles. The molecule has 0 bridgehead atoms. The molecule has 0 radical (unpaired) electrons. The number of rotatable bonds is 5. The van der Waals surface area contributed by atoms with Crippen molar-refractivity contribution in [3.05, 3.63) is 118 Å².